The minimum absolute atomic E-state index is 0.182. The number of nitrogens with one attached hydrogen (secondary N) is 1. The van der Waals surface area contributed by atoms with Crippen molar-refractivity contribution in [1.29, 1.82) is 0 Å². The van der Waals surface area contributed by atoms with Crippen molar-refractivity contribution in [2.24, 2.45) is 5.73 Å². The number of rotatable bonds is 9. The Morgan fingerprint density at radius 1 is 1.47 bits per heavy atom. The second-order valence-electron chi connectivity index (χ2n) is 3.67. The van der Waals surface area contributed by atoms with E-state index >= 15 is 0 Å². The SMILES string of the molecule is CCCCN[C@@H](CC[C@@H](O)CN)C(=O)O. The van der Waals surface area contributed by atoms with Gasteiger partial charge < -0.3 is 21.3 Å². The molecule has 0 rings (SSSR count). The van der Waals surface area contributed by atoms with Crippen LogP contribution >= 0.6 is 0 Å². The summed E-state index contributed by atoms with van der Waals surface area (Å²) in [5.74, 6) is -0.865. The number of carbonyl (C=O) groups is 1. The molecular weight excluding hydrogens is 196 g/mol. The van der Waals surface area contributed by atoms with Crippen LogP contribution in [0.5, 0.6) is 0 Å². The lowest BCUT2D eigenvalue weighted by Crippen LogP contribution is -2.38. The Labute approximate surface area is 90.7 Å². The number of nitrogens with two attached hydrogens (primary N) is 1. The summed E-state index contributed by atoms with van der Waals surface area (Å²) >= 11 is 0. The van der Waals surface area contributed by atoms with Crippen LogP contribution < -0.4 is 11.1 Å². The fourth-order valence-corrected chi connectivity index (χ4v) is 1.24. The maximum absolute atomic E-state index is 10.8. The molecule has 2 atom stereocenters. The highest BCUT2D eigenvalue weighted by Crippen LogP contribution is 2.02. The molecular formula is C10H22N2O3. The van der Waals surface area contributed by atoms with Crippen LogP contribution in [0.3, 0.4) is 0 Å². The first kappa shape index (κ1) is 14.3. The first-order valence-corrected chi connectivity index (χ1v) is 5.46. The molecule has 0 fully saturated rings. The number of hydrogen-bond donors (Lipinski definition) is 4. The molecule has 0 heterocycles. The summed E-state index contributed by atoms with van der Waals surface area (Å²) < 4.78 is 0. The van der Waals surface area contributed by atoms with Crippen LogP contribution in [0.1, 0.15) is 32.6 Å². The van der Waals surface area contributed by atoms with E-state index in [0.717, 1.165) is 12.8 Å². The zero-order valence-electron chi connectivity index (χ0n) is 9.28. The lowest BCUT2D eigenvalue weighted by molar-refractivity contribution is -0.139. The third kappa shape index (κ3) is 7.30. The van der Waals surface area contributed by atoms with Crippen LogP contribution in [-0.2, 0) is 4.79 Å². The Kier molecular flexibility index (Phi) is 8.27. The maximum atomic E-state index is 10.8. The van der Waals surface area contributed by atoms with Crippen molar-refractivity contribution >= 4 is 5.97 Å². The van der Waals surface area contributed by atoms with Crippen LogP contribution in [0, 0.1) is 0 Å². The zero-order valence-corrected chi connectivity index (χ0v) is 9.28. The van der Waals surface area contributed by atoms with Crippen molar-refractivity contribution in [3.8, 4) is 0 Å². The number of aliphatic hydroxyl groups excluding tert-OH is 1. The Hall–Kier alpha value is -0.650. The number of unbranched alkanes of at least 4 members (excludes halogenated alkanes) is 1. The molecule has 0 amide bonds. The van der Waals surface area contributed by atoms with Gasteiger partial charge >= 0.3 is 5.97 Å². The summed E-state index contributed by atoms with van der Waals surface area (Å²) in [6.07, 6.45) is 2.23. The molecule has 0 spiro atoms. The van der Waals surface area contributed by atoms with Crippen molar-refractivity contribution in [2.45, 2.75) is 44.8 Å². The molecule has 0 bridgehead atoms. The number of aliphatic carboxylic acids is 1. The third-order valence-electron chi connectivity index (χ3n) is 2.28. The minimum atomic E-state index is -0.865. The topological polar surface area (TPSA) is 95.6 Å². The van der Waals surface area contributed by atoms with Crippen molar-refractivity contribution < 1.29 is 15.0 Å². The van der Waals surface area contributed by atoms with Gasteiger partial charge in [0.05, 0.1) is 6.10 Å². The van der Waals surface area contributed by atoms with Gasteiger partial charge in [-0.15, -0.1) is 0 Å². The molecule has 0 aliphatic heterocycles. The summed E-state index contributed by atoms with van der Waals surface area (Å²) in [5, 5.41) is 21.0. The van der Waals surface area contributed by atoms with Crippen LogP contribution in [0.15, 0.2) is 0 Å². The van der Waals surface area contributed by atoms with E-state index < -0.39 is 18.1 Å². The smallest absolute Gasteiger partial charge is 0.320 e. The van der Waals surface area contributed by atoms with E-state index in [0.29, 0.717) is 19.4 Å². The Morgan fingerprint density at radius 2 is 2.13 bits per heavy atom. The minimum Gasteiger partial charge on any atom is -0.480 e. The third-order valence-corrected chi connectivity index (χ3v) is 2.28. The summed E-state index contributed by atoms with van der Waals surface area (Å²) in [7, 11) is 0. The number of carboxylic acid groups (broad SMARTS) is 1. The van der Waals surface area contributed by atoms with Crippen molar-refractivity contribution in [3.05, 3.63) is 0 Å². The van der Waals surface area contributed by atoms with E-state index in [2.05, 4.69) is 12.2 Å². The molecule has 0 aliphatic carbocycles. The van der Waals surface area contributed by atoms with E-state index in [1.54, 1.807) is 0 Å². The molecule has 0 aromatic rings. The molecule has 0 aliphatic rings. The van der Waals surface area contributed by atoms with E-state index in [-0.39, 0.29) is 6.54 Å². The number of hydrogen-bond acceptors (Lipinski definition) is 4. The molecule has 0 aromatic heterocycles. The molecule has 5 nitrogen and oxygen atoms in total. The van der Waals surface area contributed by atoms with Crippen molar-refractivity contribution in [3.63, 3.8) is 0 Å². The molecule has 5 N–H and O–H groups in total. The van der Waals surface area contributed by atoms with Gasteiger partial charge in [0.25, 0.3) is 0 Å². The highest BCUT2D eigenvalue weighted by atomic mass is 16.4. The Balaban J connectivity index is 3.78. The predicted octanol–water partition coefficient (Wildman–Crippen LogP) is -0.0709. The fourth-order valence-electron chi connectivity index (χ4n) is 1.24. The molecule has 0 radical (unpaired) electrons. The molecule has 15 heavy (non-hydrogen) atoms. The number of carboxylic acids is 1. The maximum Gasteiger partial charge on any atom is 0.320 e. The quantitative estimate of drug-likeness (QED) is 0.406. The standard InChI is InChI=1S/C10H22N2O3/c1-2-3-6-12-9(10(14)15)5-4-8(13)7-11/h8-9,12-13H,2-7,11H2,1H3,(H,14,15)/t8-,9+/m1/s1. The Bertz CT molecular complexity index is 176. The molecule has 5 heteroatoms. The van der Waals surface area contributed by atoms with Gasteiger partial charge in [0.15, 0.2) is 0 Å². The highest BCUT2D eigenvalue weighted by Gasteiger charge is 2.17. The summed E-state index contributed by atoms with van der Waals surface area (Å²) in [6.45, 7) is 2.93. The lowest BCUT2D eigenvalue weighted by atomic mass is 10.1. The van der Waals surface area contributed by atoms with Crippen LogP contribution in [0.25, 0.3) is 0 Å². The summed E-state index contributed by atoms with van der Waals surface area (Å²) in [6, 6.07) is -0.572. The van der Waals surface area contributed by atoms with E-state index in [1.807, 2.05) is 0 Å². The molecule has 0 aromatic carbocycles. The van der Waals surface area contributed by atoms with E-state index in [9.17, 15) is 9.90 Å². The summed E-state index contributed by atoms with van der Waals surface area (Å²) in [4.78, 5) is 10.8. The van der Waals surface area contributed by atoms with E-state index in [4.69, 9.17) is 10.8 Å². The van der Waals surface area contributed by atoms with Crippen molar-refractivity contribution in [2.75, 3.05) is 13.1 Å². The second-order valence-corrected chi connectivity index (χ2v) is 3.67. The van der Waals surface area contributed by atoms with Crippen LogP contribution in [0.2, 0.25) is 0 Å². The Morgan fingerprint density at radius 3 is 2.60 bits per heavy atom. The normalized spacial score (nSPS) is 14.9. The van der Waals surface area contributed by atoms with Crippen LogP contribution in [0.4, 0.5) is 0 Å². The number of aliphatic hydroxyl groups is 1. The average molecular weight is 218 g/mol. The van der Waals surface area contributed by atoms with Crippen molar-refractivity contribution in [1.82, 2.24) is 5.32 Å². The molecule has 0 saturated heterocycles. The monoisotopic (exact) mass is 218 g/mol. The van der Waals surface area contributed by atoms with Gasteiger partial charge in [0, 0.05) is 6.54 Å². The van der Waals surface area contributed by atoms with Gasteiger partial charge in [0.2, 0.25) is 0 Å². The van der Waals surface area contributed by atoms with Gasteiger partial charge in [0.1, 0.15) is 6.04 Å². The zero-order chi connectivity index (χ0) is 11.7. The fraction of sp³-hybridized carbons (Fsp3) is 0.900. The van der Waals surface area contributed by atoms with Gasteiger partial charge in [-0.05, 0) is 25.8 Å². The largest absolute Gasteiger partial charge is 0.480 e. The van der Waals surface area contributed by atoms with Gasteiger partial charge in [-0.3, -0.25) is 4.79 Å². The molecule has 0 saturated carbocycles. The van der Waals surface area contributed by atoms with E-state index in [1.165, 1.54) is 0 Å². The second kappa shape index (κ2) is 8.64. The van der Waals surface area contributed by atoms with Gasteiger partial charge in [-0.25, -0.2) is 0 Å². The van der Waals surface area contributed by atoms with Gasteiger partial charge in [-0.2, -0.15) is 0 Å². The van der Waals surface area contributed by atoms with Gasteiger partial charge in [-0.1, -0.05) is 13.3 Å². The molecule has 90 valence electrons. The predicted molar refractivity (Wildman–Crippen MR) is 58.6 cm³/mol. The lowest BCUT2D eigenvalue weighted by Gasteiger charge is -2.15. The molecule has 0 unspecified atom stereocenters. The first-order chi connectivity index (χ1) is 7.11. The van der Waals surface area contributed by atoms with Crippen LogP contribution in [-0.4, -0.2) is 41.4 Å². The highest BCUT2D eigenvalue weighted by molar-refractivity contribution is 5.73. The summed E-state index contributed by atoms with van der Waals surface area (Å²) in [5.41, 5.74) is 5.24. The average Bonchev–Trinajstić information content (AvgIpc) is 2.22. The first-order valence-electron chi connectivity index (χ1n) is 5.46.